The molecule has 2 atom stereocenters. The van der Waals surface area contributed by atoms with Gasteiger partial charge in [0.1, 0.15) is 19.1 Å². The number of rotatable bonds is 3. The van der Waals surface area contributed by atoms with E-state index in [1.54, 1.807) is 11.1 Å². The summed E-state index contributed by atoms with van der Waals surface area (Å²) in [4.78, 5) is 2.27. The predicted octanol–water partition coefficient (Wildman–Crippen LogP) is 2.82. The van der Waals surface area contributed by atoms with Crippen LogP contribution in [0.4, 0.5) is 0 Å². The van der Waals surface area contributed by atoms with Crippen LogP contribution in [-0.4, -0.2) is 31.4 Å². The number of allylic oxidation sites excluding steroid dienone is 1. The molecule has 3 heteroatoms. The zero-order valence-corrected chi connectivity index (χ0v) is 12.5. The van der Waals surface area contributed by atoms with Crippen molar-refractivity contribution < 1.29 is 4.74 Å². The van der Waals surface area contributed by atoms with Gasteiger partial charge in [0.2, 0.25) is 0 Å². The monoisotopic (exact) mass is 267 g/mol. The van der Waals surface area contributed by atoms with Crippen molar-refractivity contribution in [2.45, 2.75) is 44.4 Å². The van der Waals surface area contributed by atoms with Crippen LogP contribution in [0.5, 0.6) is 5.75 Å². The Morgan fingerprint density at radius 2 is 2.20 bits per heavy atom. The van der Waals surface area contributed by atoms with E-state index in [0.717, 1.165) is 36.3 Å². The van der Waals surface area contributed by atoms with Crippen molar-refractivity contribution in [3.63, 3.8) is 0 Å². The molecule has 1 aliphatic carbocycles. The molecular formula is C17H22BNO. The van der Waals surface area contributed by atoms with Gasteiger partial charge in [-0.05, 0) is 42.5 Å². The van der Waals surface area contributed by atoms with Crippen molar-refractivity contribution in [2.24, 2.45) is 0 Å². The van der Waals surface area contributed by atoms with Crippen molar-refractivity contribution in [3.8, 4) is 5.75 Å². The van der Waals surface area contributed by atoms with Crippen LogP contribution >= 0.6 is 0 Å². The maximum absolute atomic E-state index is 6.19. The standard InChI is InChI=1S/C17H22BNO/c1-10(2)19-8-12(9-19)20-17-5-4-13-14-6-16(14)18-7-15(13)11(17)3/h4-5,12,14,16,18H,1,6-9H2,2-3H3. The third-order valence-corrected chi connectivity index (χ3v) is 5.35. The van der Waals surface area contributed by atoms with Crippen LogP contribution in [-0.2, 0) is 6.32 Å². The third kappa shape index (κ3) is 1.87. The van der Waals surface area contributed by atoms with Gasteiger partial charge in [0.05, 0.1) is 13.1 Å². The van der Waals surface area contributed by atoms with E-state index in [9.17, 15) is 0 Å². The Morgan fingerprint density at radius 1 is 1.40 bits per heavy atom. The SMILES string of the molecule is C=C(C)N1CC(Oc2ccc3c(c2C)CBC2CC32)C1. The van der Waals surface area contributed by atoms with Gasteiger partial charge in [-0.15, -0.1) is 0 Å². The second kappa shape index (κ2) is 4.31. The first-order valence-corrected chi connectivity index (χ1v) is 7.83. The number of fused-ring (bicyclic) bond motifs is 3. The van der Waals surface area contributed by atoms with Gasteiger partial charge in [-0.25, -0.2) is 0 Å². The van der Waals surface area contributed by atoms with E-state index in [1.165, 1.54) is 25.6 Å². The van der Waals surface area contributed by atoms with Crippen LogP contribution in [0.2, 0.25) is 5.82 Å². The van der Waals surface area contributed by atoms with E-state index in [4.69, 9.17) is 4.74 Å². The van der Waals surface area contributed by atoms with Crippen molar-refractivity contribution in [1.29, 1.82) is 0 Å². The lowest BCUT2D eigenvalue weighted by atomic mass is 9.61. The molecule has 1 aromatic rings. The zero-order chi connectivity index (χ0) is 13.9. The van der Waals surface area contributed by atoms with Gasteiger partial charge in [0.25, 0.3) is 0 Å². The second-order valence-electron chi connectivity index (χ2n) is 6.78. The second-order valence-corrected chi connectivity index (χ2v) is 6.78. The van der Waals surface area contributed by atoms with Gasteiger partial charge < -0.3 is 9.64 Å². The largest absolute Gasteiger partial charge is 0.486 e. The van der Waals surface area contributed by atoms with Crippen molar-refractivity contribution in [3.05, 3.63) is 41.1 Å². The average molecular weight is 267 g/mol. The third-order valence-electron chi connectivity index (χ3n) is 5.35. The highest BCUT2D eigenvalue weighted by Gasteiger charge is 2.43. The van der Waals surface area contributed by atoms with Crippen molar-refractivity contribution in [2.75, 3.05) is 13.1 Å². The Balaban J connectivity index is 1.51. The van der Waals surface area contributed by atoms with Crippen molar-refractivity contribution in [1.82, 2.24) is 4.90 Å². The van der Waals surface area contributed by atoms with Gasteiger partial charge in [0, 0.05) is 5.70 Å². The van der Waals surface area contributed by atoms with Crippen molar-refractivity contribution >= 4 is 7.28 Å². The van der Waals surface area contributed by atoms with Gasteiger partial charge >= 0.3 is 0 Å². The van der Waals surface area contributed by atoms with Crippen LogP contribution < -0.4 is 4.74 Å². The molecule has 0 aromatic heterocycles. The molecule has 104 valence electrons. The maximum atomic E-state index is 6.19. The summed E-state index contributed by atoms with van der Waals surface area (Å²) in [6, 6.07) is 4.54. The molecule has 2 nitrogen and oxygen atoms in total. The first-order valence-electron chi connectivity index (χ1n) is 7.83. The number of hydrogen-bond donors (Lipinski definition) is 0. The Labute approximate surface area is 122 Å². The molecule has 1 aromatic carbocycles. The van der Waals surface area contributed by atoms with Gasteiger partial charge in [-0.3, -0.25) is 0 Å². The number of ether oxygens (including phenoxy) is 1. The highest BCUT2D eigenvalue weighted by atomic mass is 16.5. The summed E-state index contributed by atoms with van der Waals surface area (Å²) < 4.78 is 6.19. The lowest BCUT2D eigenvalue weighted by Gasteiger charge is -2.41. The van der Waals surface area contributed by atoms with E-state index in [1.807, 2.05) is 0 Å². The molecule has 1 saturated carbocycles. The number of likely N-dealkylation sites (tertiary alicyclic amines) is 1. The molecular weight excluding hydrogens is 245 g/mol. The molecule has 2 heterocycles. The van der Waals surface area contributed by atoms with Crippen LogP contribution in [0, 0.1) is 6.92 Å². The number of benzene rings is 1. The summed E-state index contributed by atoms with van der Waals surface area (Å²) in [5.41, 5.74) is 5.73. The highest BCUT2D eigenvalue weighted by Crippen LogP contribution is 2.57. The molecule has 0 amide bonds. The van der Waals surface area contributed by atoms with Crippen LogP contribution in [0.3, 0.4) is 0 Å². The first kappa shape index (κ1) is 12.4. The minimum Gasteiger partial charge on any atom is -0.486 e. The molecule has 0 radical (unpaired) electrons. The van der Waals surface area contributed by atoms with Gasteiger partial charge in [0.15, 0.2) is 0 Å². The van der Waals surface area contributed by atoms with Crippen LogP contribution in [0.15, 0.2) is 24.4 Å². The van der Waals surface area contributed by atoms with E-state index in [2.05, 4.69) is 37.5 Å². The lowest BCUT2D eigenvalue weighted by molar-refractivity contribution is 0.0441. The molecule has 2 aliphatic heterocycles. The molecule has 0 N–H and O–H groups in total. The molecule has 2 unspecified atom stereocenters. The molecule has 1 saturated heterocycles. The van der Waals surface area contributed by atoms with E-state index in [0.29, 0.717) is 6.10 Å². The average Bonchev–Trinajstić information content (AvgIpc) is 3.14. The lowest BCUT2D eigenvalue weighted by Crippen LogP contribution is -2.52. The minimum atomic E-state index is 0.334. The number of hydrogen-bond acceptors (Lipinski definition) is 2. The minimum absolute atomic E-state index is 0.334. The number of nitrogens with zero attached hydrogens (tertiary/aromatic N) is 1. The summed E-state index contributed by atoms with van der Waals surface area (Å²) in [5.74, 6) is 2.97. The van der Waals surface area contributed by atoms with Crippen LogP contribution in [0.25, 0.3) is 0 Å². The highest BCUT2D eigenvalue weighted by molar-refractivity contribution is 6.39. The molecule has 0 spiro atoms. The quantitative estimate of drug-likeness (QED) is 0.781. The molecule has 0 bridgehead atoms. The fraction of sp³-hybridized carbons (Fsp3) is 0.529. The summed E-state index contributed by atoms with van der Waals surface area (Å²) in [5, 5.41) is 0. The predicted molar refractivity (Wildman–Crippen MR) is 83.9 cm³/mol. The first-order chi connectivity index (χ1) is 9.63. The molecule has 3 aliphatic rings. The fourth-order valence-corrected chi connectivity index (χ4v) is 3.84. The fourth-order valence-electron chi connectivity index (χ4n) is 3.84. The summed E-state index contributed by atoms with van der Waals surface area (Å²) in [6.45, 7) is 10.2. The van der Waals surface area contributed by atoms with Gasteiger partial charge in [-0.1, -0.05) is 31.2 Å². The summed E-state index contributed by atoms with van der Waals surface area (Å²) >= 11 is 0. The summed E-state index contributed by atoms with van der Waals surface area (Å²) in [7, 11) is 1.38. The molecule has 20 heavy (non-hydrogen) atoms. The van der Waals surface area contributed by atoms with E-state index < -0.39 is 0 Å². The van der Waals surface area contributed by atoms with Gasteiger partial charge in [-0.2, -0.15) is 0 Å². The van der Waals surface area contributed by atoms with E-state index >= 15 is 0 Å². The Morgan fingerprint density at radius 3 is 2.95 bits per heavy atom. The topological polar surface area (TPSA) is 12.5 Å². The molecule has 4 rings (SSSR count). The Kier molecular flexibility index (Phi) is 2.67. The maximum Gasteiger partial charge on any atom is 0.133 e. The molecule has 2 fully saturated rings. The van der Waals surface area contributed by atoms with Crippen LogP contribution in [0.1, 0.15) is 36.0 Å². The summed E-state index contributed by atoms with van der Waals surface area (Å²) in [6.07, 6.45) is 3.01. The normalized spacial score (nSPS) is 27.0. The smallest absolute Gasteiger partial charge is 0.133 e. The Hall–Kier alpha value is -1.38. The Bertz CT molecular complexity index is 577. The van der Waals surface area contributed by atoms with E-state index in [-0.39, 0.29) is 0 Å². The zero-order valence-electron chi connectivity index (χ0n) is 12.5.